The second-order valence-electron chi connectivity index (χ2n) is 6.27. The number of ether oxygens (including phenoxy) is 1. The molecule has 7 nitrogen and oxygen atoms in total. The summed E-state index contributed by atoms with van der Waals surface area (Å²) < 4.78 is 30.4. The number of benzene rings is 1. The zero-order chi connectivity index (χ0) is 20.2. The average molecular weight is 437 g/mol. The summed E-state index contributed by atoms with van der Waals surface area (Å²) in [5.41, 5.74) is 0.154. The van der Waals surface area contributed by atoms with Crippen LogP contribution >= 0.6 is 23.2 Å². The molecule has 0 N–H and O–H groups in total. The van der Waals surface area contributed by atoms with Gasteiger partial charge in [-0.05, 0) is 38.0 Å². The molecule has 1 aromatic carbocycles. The van der Waals surface area contributed by atoms with Crippen LogP contribution in [-0.4, -0.2) is 57.7 Å². The molecule has 1 saturated heterocycles. The maximum Gasteiger partial charge on any atom is 0.309 e. The number of halogens is 2. The van der Waals surface area contributed by atoms with Gasteiger partial charge in [-0.2, -0.15) is 0 Å². The minimum absolute atomic E-state index is 0.154. The predicted molar refractivity (Wildman–Crippen MR) is 105 cm³/mol. The van der Waals surface area contributed by atoms with Crippen LogP contribution in [0.2, 0.25) is 10.0 Å². The molecule has 1 aliphatic rings. The van der Waals surface area contributed by atoms with Gasteiger partial charge in [-0.3, -0.25) is 13.9 Å². The Kier molecular flexibility index (Phi) is 7.36. The molecular weight excluding hydrogens is 415 g/mol. The van der Waals surface area contributed by atoms with E-state index in [4.69, 9.17) is 27.9 Å². The quantitative estimate of drug-likeness (QED) is 0.639. The fourth-order valence-electron chi connectivity index (χ4n) is 2.91. The van der Waals surface area contributed by atoms with E-state index < -0.39 is 10.0 Å². The van der Waals surface area contributed by atoms with Crippen LogP contribution in [0.4, 0.5) is 5.69 Å². The van der Waals surface area contributed by atoms with Crippen molar-refractivity contribution in [2.45, 2.75) is 19.8 Å². The molecule has 1 aromatic rings. The third-order valence-electron chi connectivity index (χ3n) is 4.32. The van der Waals surface area contributed by atoms with E-state index in [2.05, 4.69) is 0 Å². The van der Waals surface area contributed by atoms with Gasteiger partial charge in [0, 0.05) is 18.1 Å². The van der Waals surface area contributed by atoms with Gasteiger partial charge >= 0.3 is 5.97 Å². The lowest BCUT2D eigenvalue weighted by Gasteiger charge is -2.33. The lowest BCUT2D eigenvalue weighted by Crippen LogP contribution is -2.46. The second-order valence-corrected chi connectivity index (χ2v) is 9.02. The fourth-order valence-corrected chi connectivity index (χ4v) is 4.19. The highest BCUT2D eigenvalue weighted by atomic mass is 35.5. The van der Waals surface area contributed by atoms with Crippen LogP contribution in [0.15, 0.2) is 18.2 Å². The first-order chi connectivity index (χ1) is 12.6. The smallest absolute Gasteiger partial charge is 0.309 e. The molecule has 27 heavy (non-hydrogen) atoms. The first-order valence-corrected chi connectivity index (χ1v) is 11.1. The molecule has 1 amide bonds. The summed E-state index contributed by atoms with van der Waals surface area (Å²) in [6.07, 6.45) is 1.98. The molecule has 0 atom stereocenters. The molecule has 1 aliphatic heterocycles. The van der Waals surface area contributed by atoms with E-state index >= 15 is 0 Å². The number of hydrogen-bond donors (Lipinski definition) is 0. The lowest BCUT2D eigenvalue weighted by molar-refractivity contribution is -0.151. The number of amides is 1. The number of piperidine rings is 1. The van der Waals surface area contributed by atoms with E-state index in [9.17, 15) is 18.0 Å². The van der Waals surface area contributed by atoms with Gasteiger partial charge < -0.3 is 9.64 Å². The molecule has 0 spiro atoms. The van der Waals surface area contributed by atoms with Gasteiger partial charge in [-0.25, -0.2) is 8.42 Å². The van der Waals surface area contributed by atoms with Crippen molar-refractivity contribution in [2.24, 2.45) is 5.92 Å². The van der Waals surface area contributed by atoms with E-state index in [1.165, 1.54) is 18.2 Å². The van der Waals surface area contributed by atoms with Crippen molar-refractivity contribution >= 4 is 50.8 Å². The largest absolute Gasteiger partial charge is 0.466 e. The van der Waals surface area contributed by atoms with Crippen molar-refractivity contribution in [2.75, 3.05) is 36.8 Å². The maximum absolute atomic E-state index is 12.7. The highest BCUT2D eigenvalue weighted by molar-refractivity contribution is 7.92. The molecule has 1 heterocycles. The Labute approximate surface area is 169 Å². The third kappa shape index (κ3) is 5.73. The molecule has 0 unspecified atom stereocenters. The van der Waals surface area contributed by atoms with Gasteiger partial charge in [0.15, 0.2) is 0 Å². The van der Waals surface area contributed by atoms with Crippen LogP contribution in [0.3, 0.4) is 0 Å². The summed E-state index contributed by atoms with van der Waals surface area (Å²) in [5, 5.41) is 0.490. The molecular formula is C17H22Cl2N2O5S. The van der Waals surface area contributed by atoms with Crippen molar-refractivity contribution < 1.29 is 22.7 Å². The fraction of sp³-hybridized carbons (Fsp3) is 0.529. The van der Waals surface area contributed by atoms with Crippen LogP contribution in [0.5, 0.6) is 0 Å². The normalized spacial score (nSPS) is 15.5. The van der Waals surface area contributed by atoms with E-state index in [-0.39, 0.29) is 35.0 Å². The van der Waals surface area contributed by atoms with E-state index in [1.807, 2.05) is 0 Å². The van der Waals surface area contributed by atoms with Gasteiger partial charge in [-0.15, -0.1) is 0 Å². The molecule has 0 aliphatic carbocycles. The number of carbonyl (C=O) groups excluding carboxylic acids is 2. The van der Waals surface area contributed by atoms with Gasteiger partial charge in [0.25, 0.3) is 0 Å². The van der Waals surface area contributed by atoms with E-state index in [0.29, 0.717) is 37.6 Å². The van der Waals surface area contributed by atoms with Crippen LogP contribution in [0.1, 0.15) is 19.8 Å². The first kappa shape index (κ1) is 21.8. The molecule has 0 aromatic heterocycles. The Morgan fingerprint density at radius 2 is 1.89 bits per heavy atom. The summed E-state index contributed by atoms with van der Waals surface area (Å²) in [4.78, 5) is 26.0. The number of nitrogens with zero attached hydrogens (tertiary/aromatic N) is 2. The van der Waals surface area contributed by atoms with E-state index in [0.717, 1.165) is 10.6 Å². The first-order valence-electron chi connectivity index (χ1n) is 8.50. The molecule has 1 fully saturated rings. The number of carbonyl (C=O) groups is 2. The highest BCUT2D eigenvalue weighted by Gasteiger charge is 2.31. The number of likely N-dealkylation sites (tertiary alicyclic amines) is 1. The van der Waals surface area contributed by atoms with Crippen molar-refractivity contribution in [3.05, 3.63) is 28.2 Å². The average Bonchev–Trinajstić information content (AvgIpc) is 2.61. The Balaban J connectivity index is 2.10. The standard InChI is InChI=1S/C17H22Cl2N2O5S/c1-3-26-17(23)12-6-8-20(9-7-12)16(22)11-21(27(2,24)25)15-10-13(18)4-5-14(15)19/h4-5,10,12H,3,6-9,11H2,1-2H3. The summed E-state index contributed by atoms with van der Waals surface area (Å²) in [6.45, 7) is 2.41. The SMILES string of the molecule is CCOC(=O)C1CCN(C(=O)CN(c2cc(Cl)ccc2Cl)S(C)(=O)=O)CC1. The van der Waals surface area contributed by atoms with Crippen molar-refractivity contribution in [1.82, 2.24) is 4.90 Å². The summed E-state index contributed by atoms with van der Waals surface area (Å²) in [5.74, 6) is -0.853. The molecule has 10 heteroatoms. The Bertz CT molecular complexity index is 808. The van der Waals surface area contributed by atoms with Crippen LogP contribution in [-0.2, 0) is 24.3 Å². The molecule has 150 valence electrons. The zero-order valence-electron chi connectivity index (χ0n) is 15.2. The zero-order valence-corrected chi connectivity index (χ0v) is 17.5. The molecule has 0 saturated carbocycles. The van der Waals surface area contributed by atoms with Gasteiger partial charge in [-0.1, -0.05) is 23.2 Å². The number of hydrogen-bond acceptors (Lipinski definition) is 5. The van der Waals surface area contributed by atoms with Gasteiger partial charge in [0.1, 0.15) is 6.54 Å². The minimum Gasteiger partial charge on any atom is -0.466 e. The maximum atomic E-state index is 12.7. The van der Waals surface area contributed by atoms with Crippen molar-refractivity contribution in [1.29, 1.82) is 0 Å². The Morgan fingerprint density at radius 1 is 1.26 bits per heavy atom. The number of anilines is 1. The summed E-state index contributed by atoms with van der Waals surface area (Å²) >= 11 is 12.1. The van der Waals surface area contributed by atoms with E-state index in [1.54, 1.807) is 11.8 Å². The highest BCUT2D eigenvalue weighted by Crippen LogP contribution is 2.31. The third-order valence-corrected chi connectivity index (χ3v) is 6.00. The van der Waals surface area contributed by atoms with Gasteiger partial charge in [0.05, 0.1) is 29.5 Å². The number of sulfonamides is 1. The summed E-state index contributed by atoms with van der Waals surface area (Å²) in [6, 6.07) is 4.42. The number of rotatable bonds is 6. The Hall–Kier alpha value is -1.51. The molecule has 2 rings (SSSR count). The molecule has 0 radical (unpaired) electrons. The monoisotopic (exact) mass is 436 g/mol. The Morgan fingerprint density at radius 3 is 2.44 bits per heavy atom. The van der Waals surface area contributed by atoms with Crippen LogP contribution in [0, 0.1) is 5.92 Å². The van der Waals surface area contributed by atoms with Crippen molar-refractivity contribution in [3.8, 4) is 0 Å². The summed E-state index contributed by atoms with van der Waals surface area (Å²) in [7, 11) is -3.75. The van der Waals surface area contributed by atoms with Crippen LogP contribution < -0.4 is 4.31 Å². The topological polar surface area (TPSA) is 84.0 Å². The predicted octanol–water partition coefficient (Wildman–Crippen LogP) is 2.56. The van der Waals surface area contributed by atoms with Crippen LogP contribution in [0.25, 0.3) is 0 Å². The van der Waals surface area contributed by atoms with Crippen molar-refractivity contribution in [3.63, 3.8) is 0 Å². The van der Waals surface area contributed by atoms with Gasteiger partial charge in [0.2, 0.25) is 15.9 Å². The number of esters is 1. The second kappa shape index (κ2) is 9.12. The minimum atomic E-state index is -3.75. The lowest BCUT2D eigenvalue weighted by atomic mass is 9.97. The molecule has 0 bridgehead atoms.